The lowest BCUT2D eigenvalue weighted by Gasteiger charge is -2.14. The van der Waals surface area contributed by atoms with Gasteiger partial charge in [-0.05, 0) is 12.1 Å². The van der Waals surface area contributed by atoms with E-state index < -0.39 is 35.5 Å². The molecular formula is C15H9F6N5. The van der Waals surface area contributed by atoms with E-state index in [9.17, 15) is 26.3 Å². The van der Waals surface area contributed by atoms with Gasteiger partial charge in [-0.1, -0.05) is 30.3 Å². The van der Waals surface area contributed by atoms with Crippen LogP contribution in [0.2, 0.25) is 0 Å². The van der Waals surface area contributed by atoms with Crippen molar-refractivity contribution in [1.82, 2.24) is 19.7 Å². The van der Waals surface area contributed by atoms with Crippen molar-refractivity contribution in [3.8, 4) is 17.1 Å². The number of halogens is 6. The van der Waals surface area contributed by atoms with Crippen molar-refractivity contribution in [2.75, 3.05) is 5.73 Å². The van der Waals surface area contributed by atoms with E-state index in [1.54, 1.807) is 30.3 Å². The van der Waals surface area contributed by atoms with Crippen LogP contribution < -0.4 is 5.73 Å². The minimum Gasteiger partial charge on any atom is -0.368 e. The third kappa shape index (κ3) is 3.32. The number of pyridine rings is 1. The van der Waals surface area contributed by atoms with Crippen LogP contribution in [0, 0.1) is 0 Å². The lowest BCUT2D eigenvalue weighted by molar-refractivity contribution is -0.144. The van der Waals surface area contributed by atoms with Crippen LogP contribution in [0.3, 0.4) is 0 Å². The Morgan fingerprint density at radius 1 is 0.808 bits per heavy atom. The molecule has 0 atom stereocenters. The van der Waals surface area contributed by atoms with E-state index in [2.05, 4.69) is 15.1 Å². The number of nitrogens with two attached hydrogens (primary N) is 1. The molecule has 0 saturated carbocycles. The van der Waals surface area contributed by atoms with Crippen molar-refractivity contribution >= 4 is 5.95 Å². The number of rotatable bonds is 2. The van der Waals surface area contributed by atoms with Gasteiger partial charge >= 0.3 is 12.4 Å². The Bertz CT molecular complexity index is 930. The molecule has 136 valence electrons. The summed E-state index contributed by atoms with van der Waals surface area (Å²) in [4.78, 5) is 6.81. The van der Waals surface area contributed by atoms with Gasteiger partial charge in [-0.3, -0.25) is 0 Å². The van der Waals surface area contributed by atoms with Crippen molar-refractivity contribution in [3.05, 3.63) is 53.9 Å². The fraction of sp³-hybridized carbons (Fsp3) is 0.133. The predicted octanol–water partition coefficient (Wildman–Crippen LogP) is 3.95. The maximum absolute atomic E-state index is 13.3. The highest BCUT2D eigenvalue weighted by molar-refractivity contribution is 5.61. The lowest BCUT2D eigenvalue weighted by atomic mass is 10.1. The fourth-order valence-corrected chi connectivity index (χ4v) is 2.20. The molecule has 0 aliphatic heterocycles. The van der Waals surface area contributed by atoms with Crippen molar-refractivity contribution in [3.63, 3.8) is 0 Å². The van der Waals surface area contributed by atoms with Gasteiger partial charge in [-0.25, -0.2) is 4.98 Å². The van der Waals surface area contributed by atoms with Crippen LogP contribution in [0.15, 0.2) is 42.5 Å². The molecule has 0 radical (unpaired) electrons. The highest BCUT2D eigenvalue weighted by Gasteiger charge is 2.40. The third-order valence-electron chi connectivity index (χ3n) is 3.34. The maximum atomic E-state index is 13.3. The summed E-state index contributed by atoms with van der Waals surface area (Å²) < 4.78 is 78.3. The standard InChI is InChI=1S/C15H9F6N5/c16-14(17,18)9-6-7-10(8-4-2-1-3-5-8)23-11(9)26-13(22)24-12(25-26)15(19,20)21/h1-7H,(H2,22,24,25). The minimum atomic E-state index is -4.96. The first-order valence-corrected chi connectivity index (χ1v) is 7.01. The number of hydrogen-bond donors (Lipinski definition) is 1. The zero-order chi connectivity index (χ0) is 19.1. The first-order valence-electron chi connectivity index (χ1n) is 7.01. The molecule has 5 nitrogen and oxygen atoms in total. The molecule has 2 aromatic heterocycles. The third-order valence-corrected chi connectivity index (χ3v) is 3.34. The van der Waals surface area contributed by atoms with E-state index in [4.69, 9.17) is 5.73 Å². The fourth-order valence-electron chi connectivity index (χ4n) is 2.20. The maximum Gasteiger partial charge on any atom is 0.453 e. The second kappa shape index (κ2) is 6.00. The Kier molecular flexibility index (Phi) is 4.09. The second-order valence-corrected chi connectivity index (χ2v) is 5.13. The van der Waals surface area contributed by atoms with Crippen molar-refractivity contribution < 1.29 is 26.3 Å². The number of hydrogen-bond acceptors (Lipinski definition) is 4. The number of anilines is 1. The monoisotopic (exact) mass is 373 g/mol. The van der Waals surface area contributed by atoms with Crippen molar-refractivity contribution in [2.24, 2.45) is 0 Å². The van der Waals surface area contributed by atoms with Gasteiger partial charge in [-0.15, -0.1) is 5.10 Å². The quantitative estimate of drug-likeness (QED) is 0.691. The normalized spacial score (nSPS) is 12.4. The molecule has 11 heteroatoms. The molecule has 0 aliphatic rings. The number of aromatic nitrogens is 4. The molecule has 0 spiro atoms. The van der Waals surface area contributed by atoms with Crippen LogP contribution in [0.25, 0.3) is 17.1 Å². The summed E-state index contributed by atoms with van der Waals surface area (Å²) in [6.45, 7) is 0. The molecule has 2 N–H and O–H groups in total. The van der Waals surface area contributed by atoms with Crippen LogP contribution in [-0.4, -0.2) is 19.7 Å². The smallest absolute Gasteiger partial charge is 0.368 e. The number of benzene rings is 1. The molecule has 0 saturated heterocycles. The van der Waals surface area contributed by atoms with E-state index in [0.717, 1.165) is 6.07 Å². The van der Waals surface area contributed by atoms with Gasteiger partial charge < -0.3 is 5.73 Å². The average Bonchev–Trinajstić information content (AvgIpc) is 2.96. The van der Waals surface area contributed by atoms with Crippen LogP contribution in [0.4, 0.5) is 32.3 Å². The molecule has 0 bridgehead atoms. The van der Waals surface area contributed by atoms with Gasteiger partial charge in [-0.2, -0.15) is 36.0 Å². The molecule has 0 aliphatic carbocycles. The number of alkyl halides is 6. The SMILES string of the molecule is Nc1nc(C(F)(F)F)nn1-c1nc(-c2ccccc2)ccc1C(F)(F)F. The Balaban J connectivity index is 2.23. The largest absolute Gasteiger partial charge is 0.453 e. The Labute approximate surface area is 142 Å². The average molecular weight is 373 g/mol. The van der Waals surface area contributed by atoms with Crippen LogP contribution >= 0.6 is 0 Å². The molecule has 2 heterocycles. The molecule has 3 rings (SSSR count). The van der Waals surface area contributed by atoms with Crippen LogP contribution in [-0.2, 0) is 12.4 Å². The summed E-state index contributed by atoms with van der Waals surface area (Å²) in [5, 5.41) is 3.05. The molecular weight excluding hydrogens is 364 g/mol. The van der Waals surface area contributed by atoms with Crippen molar-refractivity contribution in [2.45, 2.75) is 12.4 Å². The van der Waals surface area contributed by atoms with E-state index in [0.29, 0.717) is 11.6 Å². The zero-order valence-electron chi connectivity index (χ0n) is 12.7. The topological polar surface area (TPSA) is 69.6 Å². The van der Waals surface area contributed by atoms with E-state index >= 15 is 0 Å². The highest BCUT2D eigenvalue weighted by Crippen LogP contribution is 2.35. The molecule has 0 fully saturated rings. The van der Waals surface area contributed by atoms with E-state index in [1.165, 1.54) is 0 Å². The first-order chi connectivity index (χ1) is 12.1. The van der Waals surface area contributed by atoms with Crippen LogP contribution in [0.5, 0.6) is 0 Å². The predicted molar refractivity (Wildman–Crippen MR) is 79.0 cm³/mol. The highest BCUT2D eigenvalue weighted by atomic mass is 19.4. The summed E-state index contributed by atoms with van der Waals surface area (Å²) in [6.07, 6.45) is -9.84. The molecule has 0 unspecified atom stereocenters. The Hall–Kier alpha value is -3.11. The molecule has 26 heavy (non-hydrogen) atoms. The summed E-state index contributed by atoms with van der Waals surface area (Å²) in [6, 6.07) is 9.97. The molecule has 0 amide bonds. The Morgan fingerprint density at radius 2 is 1.46 bits per heavy atom. The van der Waals surface area contributed by atoms with Gasteiger partial charge in [0.15, 0.2) is 5.82 Å². The second-order valence-electron chi connectivity index (χ2n) is 5.13. The molecule has 3 aromatic rings. The molecule has 1 aromatic carbocycles. The summed E-state index contributed by atoms with van der Waals surface area (Å²) in [7, 11) is 0. The summed E-state index contributed by atoms with van der Waals surface area (Å²) in [5.41, 5.74) is 4.64. The van der Waals surface area contributed by atoms with Crippen molar-refractivity contribution in [1.29, 1.82) is 0 Å². The van der Waals surface area contributed by atoms with Gasteiger partial charge in [0.25, 0.3) is 5.82 Å². The van der Waals surface area contributed by atoms with E-state index in [1.807, 2.05) is 0 Å². The van der Waals surface area contributed by atoms with Gasteiger partial charge in [0.05, 0.1) is 5.69 Å². The van der Waals surface area contributed by atoms with Gasteiger partial charge in [0.2, 0.25) is 5.95 Å². The minimum absolute atomic E-state index is 0.108. The zero-order valence-corrected chi connectivity index (χ0v) is 12.7. The Morgan fingerprint density at radius 3 is 2.00 bits per heavy atom. The van der Waals surface area contributed by atoms with Crippen LogP contribution in [0.1, 0.15) is 11.4 Å². The van der Waals surface area contributed by atoms with Gasteiger partial charge in [0.1, 0.15) is 5.56 Å². The summed E-state index contributed by atoms with van der Waals surface area (Å²) >= 11 is 0. The number of nitrogen functional groups attached to an aromatic ring is 1. The van der Waals surface area contributed by atoms with E-state index in [-0.39, 0.29) is 10.4 Å². The number of nitrogens with zero attached hydrogens (tertiary/aromatic N) is 4. The van der Waals surface area contributed by atoms with Gasteiger partial charge in [0, 0.05) is 5.56 Å². The lowest BCUT2D eigenvalue weighted by Crippen LogP contribution is -2.16. The first kappa shape index (κ1) is 17.7. The summed E-state index contributed by atoms with van der Waals surface area (Å²) in [5.74, 6) is -3.41.